The van der Waals surface area contributed by atoms with Crippen molar-refractivity contribution in [3.8, 4) is 5.75 Å². The Morgan fingerprint density at radius 3 is 2.71 bits per heavy atom. The van der Waals surface area contributed by atoms with Gasteiger partial charge in [0.2, 0.25) is 5.91 Å². The van der Waals surface area contributed by atoms with Crippen LogP contribution in [-0.2, 0) is 16.2 Å². The van der Waals surface area contributed by atoms with Gasteiger partial charge in [0.1, 0.15) is 12.4 Å². The van der Waals surface area contributed by atoms with Crippen LogP contribution >= 0.6 is 23.4 Å². The summed E-state index contributed by atoms with van der Waals surface area (Å²) in [5.74, 6) is -1.01. The number of rotatable bonds is 7. The maximum absolute atomic E-state index is 11.6. The topological polar surface area (TPSA) is 103 Å². The van der Waals surface area contributed by atoms with Crippen molar-refractivity contribution in [2.45, 2.75) is 18.3 Å². The number of carbonyl (C=O) groups excluding carboxylic acids is 2. The highest BCUT2D eigenvalue weighted by Crippen LogP contribution is 2.22. The van der Waals surface area contributed by atoms with Gasteiger partial charge in [-0.15, -0.1) is 5.10 Å². The number of carboxylic acid groups (broad SMARTS) is 1. The minimum atomic E-state index is -1.28. The first-order valence-electron chi connectivity index (χ1n) is 8.26. The lowest BCUT2D eigenvalue weighted by atomic mass is 10.2. The van der Waals surface area contributed by atoms with Crippen LogP contribution in [0.2, 0.25) is 5.02 Å². The van der Waals surface area contributed by atoms with Gasteiger partial charge >= 0.3 is 0 Å². The summed E-state index contributed by atoms with van der Waals surface area (Å²) in [5, 5.41) is 21.0. The molecule has 0 unspecified atom stereocenters. The summed E-state index contributed by atoms with van der Waals surface area (Å²) in [5.41, 5.74) is 1.69. The van der Waals surface area contributed by atoms with Crippen LogP contribution in [0.15, 0.2) is 58.7 Å². The van der Waals surface area contributed by atoms with Crippen LogP contribution in [0.3, 0.4) is 0 Å². The summed E-state index contributed by atoms with van der Waals surface area (Å²) in [6.45, 7) is 0.366. The zero-order valence-electron chi connectivity index (χ0n) is 14.5. The van der Waals surface area contributed by atoms with E-state index in [0.717, 1.165) is 22.9 Å². The molecule has 0 bridgehead atoms. The number of nitrogens with one attached hydrogen (secondary N) is 1. The first-order valence-corrected chi connectivity index (χ1v) is 9.51. The average Bonchev–Trinajstić information content (AvgIpc) is 3.01. The van der Waals surface area contributed by atoms with E-state index >= 15 is 0 Å². The molecule has 1 amide bonds. The normalized spacial score (nSPS) is 17.8. The monoisotopic (exact) mass is 416 g/mol. The van der Waals surface area contributed by atoms with Crippen molar-refractivity contribution in [2.24, 2.45) is 10.2 Å². The number of halogens is 1. The Labute approximate surface area is 170 Å². The molecular weight excluding hydrogens is 402 g/mol. The number of amides is 1. The molecule has 9 heteroatoms. The minimum Gasteiger partial charge on any atom is -0.550 e. The van der Waals surface area contributed by atoms with Gasteiger partial charge in [-0.1, -0.05) is 41.6 Å². The third-order valence-electron chi connectivity index (χ3n) is 3.72. The second-order valence-electron chi connectivity index (χ2n) is 5.77. The van der Waals surface area contributed by atoms with Crippen molar-refractivity contribution in [2.75, 3.05) is 0 Å². The Morgan fingerprint density at radius 1 is 1.25 bits per heavy atom. The van der Waals surface area contributed by atoms with Gasteiger partial charge in [-0.2, -0.15) is 5.10 Å². The molecule has 1 N–H and O–H groups in total. The first-order chi connectivity index (χ1) is 13.5. The Kier molecular flexibility index (Phi) is 6.67. The molecule has 1 fully saturated rings. The molecule has 1 saturated heterocycles. The summed E-state index contributed by atoms with van der Waals surface area (Å²) >= 11 is 7.11. The number of thioether (sulfide) groups is 1. The predicted molar refractivity (Wildman–Crippen MR) is 106 cm³/mol. The maximum atomic E-state index is 11.6. The van der Waals surface area contributed by atoms with Crippen molar-refractivity contribution < 1.29 is 19.4 Å². The van der Waals surface area contributed by atoms with Gasteiger partial charge in [0.25, 0.3) is 0 Å². The van der Waals surface area contributed by atoms with Gasteiger partial charge < -0.3 is 20.0 Å². The molecule has 7 nitrogen and oxygen atoms in total. The van der Waals surface area contributed by atoms with Crippen LogP contribution < -0.4 is 15.2 Å². The van der Waals surface area contributed by atoms with E-state index in [1.54, 1.807) is 12.1 Å². The summed E-state index contributed by atoms with van der Waals surface area (Å²) < 4.78 is 5.71. The summed E-state index contributed by atoms with van der Waals surface area (Å²) in [7, 11) is 0. The van der Waals surface area contributed by atoms with Crippen molar-refractivity contribution in [3.63, 3.8) is 0 Å². The van der Waals surface area contributed by atoms with Gasteiger partial charge in [-0.05, 0) is 35.9 Å². The average molecular weight is 417 g/mol. The zero-order valence-corrected chi connectivity index (χ0v) is 16.1. The van der Waals surface area contributed by atoms with Crippen LogP contribution in [0.5, 0.6) is 5.75 Å². The van der Waals surface area contributed by atoms with Crippen LogP contribution in [0.25, 0.3) is 0 Å². The summed E-state index contributed by atoms with van der Waals surface area (Å²) in [4.78, 5) is 22.2. The minimum absolute atomic E-state index is 0.257. The highest BCUT2D eigenvalue weighted by atomic mass is 35.5. The summed E-state index contributed by atoms with van der Waals surface area (Å²) in [6.07, 6.45) is 1.15. The SMILES string of the molecule is O=C([O-])C[C@@H]1S/C(=N\N=C/c2ccc(OCc3ccccc3Cl)cc2)NC1=O. The molecule has 2 aromatic carbocycles. The fourth-order valence-corrected chi connectivity index (χ4v) is 3.41. The molecule has 1 heterocycles. The van der Waals surface area contributed by atoms with E-state index in [1.165, 1.54) is 6.21 Å². The lowest BCUT2D eigenvalue weighted by Gasteiger charge is -2.07. The van der Waals surface area contributed by atoms with Gasteiger partial charge in [0.15, 0.2) is 5.17 Å². The Hall–Kier alpha value is -2.84. The van der Waals surface area contributed by atoms with E-state index in [9.17, 15) is 14.7 Å². The van der Waals surface area contributed by atoms with E-state index in [-0.39, 0.29) is 11.6 Å². The number of benzene rings is 2. The van der Waals surface area contributed by atoms with E-state index in [4.69, 9.17) is 16.3 Å². The number of amidine groups is 1. The molecular formula is C19H15ClN3O4S-. The fraction of sp³-hybridized carbons (Fsp3) is 0.158. The van der Waals surface area contributed by atoms with Gasteiger partial charge in [0, 0.05) is 23.0 Å². The van der Waals surface area contributed by atoms with Gasteiger partial charge in [-0.3, -0.25) is 4.79 Å². The largest absolute Gasteiger partial charge is 0.550 e. The second kappa shape index (κ2) is 9.38. The first kappa shape index (κ1) is 19.9. The quantitative estimate of drug-likeness (QED) is 0.549. The molecule has 0 saturated carbocycles. The lowest BCUT2D eigenvalue weighted by molar-refractivity contribution is -0.305. The number of carbonyl (C=O) groups is 2. The van der Waals surface area contributed by atoms with E-state index in [1.807, 2.05) is 36.4 Å². The molecule has 0 aromatic heterocycles. The van der Waals surface area contributed by atoms with Crippen molar-refractivity contribution in [1.82, 2.24) is 5.32 Å². The lowest BCUT2D eigenvalue weighted by Crippen LogP contribution is -2.31. The highest BCUT2D eigenvalue weighted by Gasteiger charge is 2.30. The Balaban J connectivity index is 1.53. The third kappa shape index (κ3) is 5.58. The standard InChI is InChI=1S/C19H16ClN3O4S/c20-15-4-2-1-3-13(15)11-27-14-7-5-12(6-8-14)10-21-23-19-22-18(26)16(28-19)9-17(24)25/h1-8,10,16H,9,11H2,(H,24,25)(H,22,23,26)/p-1/b21-10-/t16-/m0/s1. The number of aliphatic carboxylic acids is 1. The molecule has 1 aliphatic rings. The van der Waals surface area contributed by atoms with Crippen molar-refractivity contribution >= 4 is 46.6 Å². The Bertz CT molecular complexity index is 931. The van der Waals surface area contributed by atoms with E-state index in [2.05, 4.69) is 15.5 Å². The van der Waals surface area contributed by atoms with Crippen LogP contribution in [0.4, 0.5) is 0 Å². The fourth-order valence-electron chi connectivity index (χ4n) is 2.31. The molecule has 28 heavy (non-hydrogen) atoms. The van der Waals surface area contributed by atoms with Crippen molar-refractivity contribution in [3.05, 3.63) is 64.7 Å². The molecule has 2 aromatic rings. The molecule has 1 aliphatic heterocycles. The molecule has 0 radical (unpaired) electrons. The number of hydrogen-bond acceptors (Lipinski definition) is 7. The Morgan fingerprint density at radius 2 is 2.00 bits per heavy atom. The summed E-state index contributed by atoms with van der Waals surface area (Å²) in [6, 6.07) is 14.7. The smallest absolute Gasteiger partial charge is 0.239 e. The number of carboxylic acids is 1. The molecule has 1 atom stereocenters. The van der Waals surface area contributed by atoms with Crippen LogP contribution in [0, 0.1) is 0 Å². The predicted octanol–water partition coefficient (Wildman–Crippen LogP) is 1.98. The van der Waals surface area contributed by atoms with E-state index in [0.29, 0.717) is 17.4 Å². The van der Waals surface area contributed by atoms with Crippen LogP contribution in [0.1, 0.15) is 17.5 Å². The molecule has 3 rings (SSSR count). The molecule has 0 spiro atoms. The highest BCUT2D eigenvalue weighted by molar-refractivity contribution is 8.15. The molecule has 144 valence electrons. The van der Waals surface area contributed by atoms with Gasteiger partial charge in [0.05, 0.1) is 11.5 Å². The number of ether oxygens (including phenoxy) is 1. The maximum Gasteiger partial charge on any atom is 0.239 e. The van der Waals surface area contributed by atoms with Crippen molar-refractivity contribution in [1.29, 1.82) is 0 Å². The molecule has 0 aliphatic carbocycles. The van der Waals surface area contributed by atoms with Crippen LogP contribution in [-0.4, -0.2) is 28.5 Å². The number of hydrogen-bond donors (Lipinski definition) is 1. The zero-order chi connectivity index (χ0) is 19.9. The van der Waals surface area contributed by atoms with Gasteiger partial charge in [-0.25, -0.2) is 0 Å². The number of nitrogens with zero attached hydrogens (tertiary/aromatic N) is 2. The third-order valence-corrected chi connectivity index (χ3v) is 5.16. The second-order valence-corrected chi connectivity index (χ2v) is 7.37. The van der Waals surface area contributed by atoms with E-state index < -0.39 is 17.1 Å².